The lowest BCUT2D eigenvalue weighted by molar-refractivity contribution is -0.306. The smallest absolute Gasteiger partial charge is 0.474 e. The summed E-state index contributed by atoms with van der Waals surface area (Å²) in [6.07, 6.45) is 3.99. The fourth-order valence-corrected chi connectivity index (χ4v) is 5.11. The summed E-state index contributed by atoms with van der Waals surface area (Å²) in [6, 6.07) is 3.54. The molecule has 14 heteroatoms. The van der Waals surface area contributed by atoms with Gasteiger partial charge >= 0.3 is 6.36 Å². The van der Waals surface area contributed by atoms with E-state index in [0.717, 1.165) is 12.3 Å². The van der Waals surface area contributed by atoms with Crippen LogP contribution in [0, 0.1) is 5.82 Å². The average molecular weight is 554 g/mol. The van der Waals surface area contributed by atoms with E-state index in [2.05, 4.69) is 19.8 Å². The number of nitrogens with zero attached hydrogens (tertiary/aromatic N) is 5. The molecular formula is C24H23F4N5O4S. The molecular weight excluding hydrogens is 530 g/mol. The molecule has 1 aliphatic heterocycles. The van der Waals surface area contributed by atoms with Crippen LogP contribution in [0.4, 0.5) is 17.6 Å². The summed E-state index contributed by atoms with van der Waals surface area (Å²) in [5, 5.41) is 4.66. The number of sulfone groups is 1. The van der Waals surface area contributed by atoms with Gasteiger partial charge in [-0.3, -0.25) is 0 Å². The van der Waals surface area contributed by atoms with E-state index in [0.29, 0.717) is 43.4 Å². The van der Waals surface area contributed by atoms with Gasteiger partial charge in [0.05, 0.1) is 11.1 Å². The van der Waals surface area contributed by atoms with Gasteiger partial charge in [-0.15, -0.1) is 13.2 Å². The van der Waals surface area contributed by atoms with Crippen LogP contribution >= 0.6 is 0 Å². The highest BCUT2D eigenvalue weighted by Gasteiger charge is 2.33. The van der Waals surface area contributed by atoms with E-state index >= 15 is 0 Å². The van der Waals surface area contributed by atoms with E-state index in [1.165, 1.54) is 35.4 Å². The summed E-state index contributed by atoms with van der Waals surface area (Å²) in [5.74, 6) is -0.608. The highest BCUT2D eigenvalue weighted by atomic mass is 32.2. The summed E-state index contributed by atoms with van der Waals surface area (Å²) in [5.41, 5.74) is 1.00. The minimum atomic E-state index is -4.71. The molecule has 5 rings (SSSR count). The molecule has 1 aromatic carbocycles. The number of benzene rings is 1. The van der Waals surface area contributed by atoms with Crippen LogP contribution in [0.1, 0.15) is 25.7 Å². The number of fused-ring (bicyclic) bond motifs is 1. The van der Waals surface area contributed by atoms with Crippen LogP contribution in [0.25, 0.3) is 16.7 Å². The number of allylic oxidation sites excluding steroid dienone is 3. The minimum absolute atomic E-state index is 0.0213. The van der Waals surface area contributed by atoms with Crippen molar-refractivity contribution in [2.45, 2.75) is 43.0 Å². The summed E-state index contributed by atoms with van der Waals surface area (Å²) in [7, 11) is -3.57. The maximum absolute atomic E-state index is 14.8. The fourth-order valence-electron chi connectivity index (χ4n) is 4.48. The first-order chi connectivity index (χ1) is 18.0. The number of rotatable bonds is 6. The standard InChI is InChI=1S/C24H23F4N5O4S/c1-38(34,35)18-5-6-21(20(25)12-18)33-22-19(13-31-33)23(30-14-29-22)36-16-7-9-32(10-8-16)15-3-2-4-17(11-15)37-24(26,27)28/h3,5-6,11-14,16H,2,4,7-10H2,1H3. The van der Waals surface area contributed by atoms with E-state index in [9.17, 15) is 26.0 Å². The van der Waals surface area contributed by atoms with Crippen LogP contribution in [-0.2, 0) is 14.6 Å². The summed E-state index contributed by atoms with van der Waals surface area (Å²) in [4.78, 5) is 10.3. The molecule has 0 N–H and O–H groups in total. The molecule has 1 aliphatic carbocycles. The Morgan fingerprint density at radius 3 is 2.58 bits per heavy atom. The van der Waals surface area contributed by atoms with Crippen LogP contribution in [-0.4, -0.2) is 64.9 Å². The van der Waals surface area contributed by atoms with Crippen molar-refractivity contribution in [2.24, 2.45) is 0 Å². The number of aromatic nitrogens is 4. The van der Waals surface area contributed by atoms with Gasteiger partial charge in [-0.2, -0.15) is 5.10 Å². The minimum Gasteiger partial charge on any atom is -0.474 e. The zero-order chi connectivity index (χ0) is 27.1. The Morgan fingerprint density at radius 2 is 1.89 bits per heavy atom. The number of hydrogen-bond acceptors (Lipinski definition) is 8. The molecule has 0 radical (unpaired) electrons. The number of likely N-dealkylation sites (tertiary alicyclic amines) is 1. The molecule has 3 heterocycles. The second kappa shape index (κ2) is 9.89. The quantitative estimate of drug-likeness (QED) is 0.417. The van der Waals surface area contributed by atoms with E-state index in [1.54, 1.807) is 0 Å². The molecule has 9 nitrogen and oxygen atoms in total. The molecule has 3 aromatic rings. The average Bonchev–Trinajstić information content (AvgIpc) is 3.28. The molecule has 0 amide bonds. The van der Waals surface area contributed by atoms with Crippen LogP contribution in [0.15, 0.2) is 59.2 Å². The maximum atomic E-state index is 14.8. The van der Waals surface area contributed by atoms with Gasteiger partial charge in [0.25, 0.3) is 0 Å². The first-order valence-electron chi connectivity index (χ1n) is 11.7. The SMILES string of the molecule is CS(=O)(=O)c1ccc(-n2ncc3c(OC4CCN(C5=CCCC(OC(F)(F)F)=C5)CC4)ncnc32)c(F)c1. The highest BCUT2D eigenvalue weighted by Crippen LogP contribution is 2.31. The first-order valence-corrected chi connectivity index (χ1v) is 13.6. The molecule has 1 fully saturated rings. The summed E-state index contributed by atoms with van der Waals surface area (Å²) in [6.45, 7) is 1.13. The largest absolute Gasteiger partial charge is 0.572 e. The number of piperidine rings is 1. The van der Waals surface area contributed by atoms with E-state index in [4.69, 9.17) is 4.74 Å². The van der Waals surface area contributed by atoms with Gasteiger partial charge in [-0.05, 0) is 30.7 Å². The maximum Gasteiger partial charge on any atom is 0.572 e. The number of alkyl halides is 3. The van der Waals surface area contributed by atoms with Gasteiger partial charge in [0, 0.05) is 44.3 Å². The van der Waals surface area contributed by atoms with Crippen molar-refractivity contribution in [1.29, 1.82) is 0 Å². The van der Waals surface area contributed by atoms with Gasteiger partial charge in [-0.25, -0.2) is 27.5 Å². The lowest BCUT2D eigenvalue weighted by Gasteiger charge is -2.35. The van der Waals surface area contributed by atoms with Crippen molar-refractivity contribution in [2.75, 3.05) is 19.3 Å². The van der Waals surface area contributed by atoms with Crippen LogP contribution in [0.3, 0.4) is 0 Å². The molecule has 0 saturated carbocycles. The van der Waals surface area contributed by atoms with Gasteiger partial charge < -0.3 is 14.4 Å². The number of ether oxygens (including phenoxy) is 2. The third-order valence-corrected chi connectivity index (χ3v) is 7.40. The molecule has 0 spiro atoms. The molecule has 202 valence electrons. The molecule has 38 heavy (non-hydrogen) atoms. The Balaban J connectivity index is 1.28. The Hall–Kier alpha value is -3.68. The van der Waals surface area contributed by atoms with Crippen molar-refractivity contribution in [3.05, 3.63) is 60.1 Å². The number of hydrogen-bond donors (Lipinski definition) is 0. The second-order valence-electron chi connectivity index (χ2n) is 8.99. The molecule has 0 unspecified atom stereocenters. The van der Waals surface area contributed by atoms with E-state index in [-0.39, 0.29) is 40.4 Å². The molecule has 0 bridgehead atoms. The van der Waals surface area contributed by atoms with Gasteiger partial charge in [0.1, 0.15) is 35.1 Å². The zero-order valence-corrected chi connectivity index (χ0v) is 21.0. The monoisotopic (exact) mass is 553 g/mol. The van der Waals surface area contributed by atoms with E-state index < -0.39 is 22.0 Å². The highest BCUT2D eigenvalue weighted by molar-refractivity contribution is 7.90. The predicted octanol–water partition coefficient (Wildman–Crippen LogP) is 4.30. The molecule has 2 aliphatic rings. The first kappa shape index (κ1) is 25.9. The Kier molecular flexibility index (Phi) is 6.75. The normalized spacial score (nSPS) is 17.3. The predicted molar refractivity (Wildman–Crippen MR) is 127 cm³/mol. The van der Waals surface area contributed by atoms with Crippen LogP contribution < -0.4 is 4.74 Å². The molecule has 2 aromatic heterocycles. The van der Waals surface area contributed by atoms with Crippen molar-refractivity contribution in [3.8, 4) is 11.6 Å². The van der Waals surface area contributed by atoms with Crippen LogP contribution in [0.2, 0.25) is 0 Å². The Bertz CT molecular complexity index is 1530. The summed E-state index contributed by atoms with van der Waals surface area (Å²) < 4.78 is 87.4. The zero-order valence-electron chi connectivity index (χ0n) is 20.2. The second-order valence-corrected chi connectivity index (χ2v) is 11.0. The van der Waals surface area contributed by atoms with Crippen molar-refractivity contribution in [3.63, 3.8) is 0 Å². The lowest BCUT2D eigenvalue weighted by atomic mass is 10.0. The fraction of sp³-hybridized carbons (Fsp3) is 0.375. The van der Waals surface area contributed by atoms with E-state index in [1.807, 2.05) is 11.0 Å². The third-order valence-electron chi connectivity index (χ3n) is 6.29. The van der Waals surface area contributed by atoms with Gasteiger partial charge in [0.15, 0.2) is 15.5 Å². The molecule has 0 atom stereocenters. The van der Waals surface area contributed by atoms with Crippen LogP contribution in [0.5, 0.6) is 5.88 Å². The van der Waals surface area contributed by atoms with Crippen molar-refractivity contribution >= 4 is 20.9 Å². The third kappa shape index (κ3) is 5.59. The van der Waals surface area contributed by atoms with Crippen molar-refractivity contribution < 1.29 is 35.5 Å². The topological polar surface area (TPSA) is 99.4 Å². The van der Waals surface area contributed by atoms with Gasteiger partial charge in [0.2, 0.25) is 5.88 Å². The summed E-state index contributed by atoms with van der Waals surface area (Å²) >= 11 is 0. The number of halogens is 4. The van der Waals surface area contributed by atoms with Crippen molar-refractivity contribution in [1.82, 2.24) is 24.6 Å². The lowest BCUT2D eigenvalue weighted by Crippen LogP contribution is -2.38. The molecule has 1 saturated heterocycles. The van der Waals surface area contributed by atoms with Gasteiger partial charge in [-0.1, -0.05) is 6.08 Å². The Labute approximate surface area is 215 Å². The Morgan fingerprint density at radius 1 is 1.13 bits per heavy atom.